The zero-order chi connectivity index (χ0) is 22.3. The molecule has 0 aliphatic carbocycles. The number of para-hydroxylation sites is 2. The quantitative estimate of drug-likeness (QED) is 0.298. The molecule has 0 aliphatic heterocycles. The average molecular weight is 426 g/mol. The van der Waals surface area contributed by atoms with Crippen molar-refractivity contribution in [3.63, 3.8) is 0 Å². The van der Waals surface area contributed by atoms with Crippen molar-refractivity contribution in [2.45, 2.75) is 12.6 Å². The maximum Gasteiger partial charge on any atom is 0.416 e. The molecule has 0 aromatic heterocycles. The van der Waals surface area contributed by atoms with Crippen LogP contribution in [-0.2, 0) is 22.2 Å². The summed E-state index contributed by atoms with van der Waals surface area (Å²) in [4.78, 5) is 24.3. The Morgan fingerprint density at radius 2 is 1.45 bits per heavy atom. The van der Waals surface area contributed by atoms with Gasteiger partial charge in [-0.15, -0.1) is 0 Å². The van der Waals surface area contributed by atoms with Crippen LogP contribution < -0.4 is 9.47 Å². The number of halogens is 3. The topological polar surface area (TPSA) is 52.6 Å². The maximum absolute atomic E-state index is 12.8. The fourth-order valence-corrected chi connectivity index (χ4v) is 2.67. The molecule has 7 heteroatoms. The predicted octanol–water partition coefficient (Wildman–Crippen LogP) is 5.47. The summed E-state index contributed by atoms with van der Waals surface area (Å²) in [5.74, 6) is -1.29. The number of hydrogen-bond donors (Lipinski definition) is 0. The van der Waals surface area contributed by atoms with Gasteiger partial charge in [0.15, 0.2) is 11.5 Å². The van der Waals surface area contributed by atoms with Gasteiger partial charge >= 0.3 is 18.1 Å². The normalized spacial score (nSPS) is 11.3. The molecule has 0 N–H and O–H groups in total. The highest BCUT2D eigenvalue weighted by atomic mass is 19.4. The minimum absolute atomic E-state index is 0.0163. The van der Waals surface area contributed by atoms with Gasteiger partial charge < -0.3 is 9.47 Å². The molecule has 3 rings (SSSR count). The van der Waals surface area contributed by atoms with Crippen LogP contribution in [0.25, 0.3) is 6.08 Å². The Hall–Kier alpha value is -3.87. The maximum atomic E-state index is 12.8. The van der Waals surface area contributed by atoms with Crippen molar-refractivity contribution in [2.75, 3.05) is 0 Å². The summed E-state index contributed by atoms with van der Waals surface area (Å²) in [6, 6.07) is 19.7. The van der Waals surface area contributed by atoms with E-state index in [1.54, 1.807) is 36.4 Å². The highest BCUT2D eigenvalue weighted by molar-refractivity contribution is 5.89. The number of carbonyl (C=O) groups is 2. The molecular formula is C24H17F3O4. The summed E-state index contributed by atoms with van der Waals surface area (Å²) in [6.45, 7) is 0. The van der Waals surface area contributed by atoms with Gasteiger partial charge in [0.1, 0.15) is 0 Å². The third-order valence-corrected chi connectivity index (χ3v) is 4.10. The fraction of sp³-hybridized carbons (Fsp3) is 0.0833. The molecule has 0 amide bonds. The molecular weight excluding hydrogens is 409 g/mol. The van der Waals surface area contributed by atoms with E-state index in [2.05, 4.69) is 0 Å². The van der Waals surface area contributed by atoms with Crippen LogP contribution in [-0.4, -0.2) is 11.9 Å². The Morgan fingerprint density at radius 3 is 2.13 bits per heavy atom. The van der Waals surface area contributed by atoms with Crippen LogP contribution in [0.15, 0.2) is 84.9 Å². The fourth-order valence-electron chi connectivity index (χ4n) is 2.67. The number of rotatable bonds is 6. The Bertz CT molecular complexity index is 1090. The number of benzene rings is 3. The molecule has 0 spiro atoms. The molecule has 0 fully saturated rings. The predicted molar refractivity (Wildman–Crippen MR) is 108 cm³/mol. The van der Waals surface area contributed by atoms with Crippen molar-refractivity contribution in [1.82, 2.24) is 0 Å². The second kappa shape index (κ2) is 9.75. The standard InChI is InChI=1S/C24H17F3O4/c25-24(26,27)19-10-6-9-18(15-19)13-14-22(28)30-20-11-4-5-12-21(20)31-23(29)16-17-7-2-1-3-8-17/h1-15H,16H2/b14-13+. The molecule has 3 aromatic rings. The van der Waals surface area contributed by atoms with E-state index >= 15 is 0 Å². The Morgan fingerprint density at radius 1 is 0.806 bits per heavy atom. The van der Waals surface area contributed by atoms with E-state index in [1.165, 1.54) is 30.3 Å². The molecule has 3 aromatic carbocycles. The molecule has 0 aliphatic rings. The third kappa shape index (κ3) is 6.57. The summed E-state index contributed by atoms with van der Waals surface area (Å²) < 4.78 is 48.8. The van der Waals surface area contributed by atoms with E-state index in [1.807, 2.05) is 6.07 Å². The van der Waals surface area contributed by atoms with E-state index in [9.17, 15) is 22.8 Å². The summed E-state index contributed by atoms with van der Waals surface area (Å²) in [6.07, 6.45) is -2.23. The van der Waals surface area contributed by atoms with Crippen LogP contribution in [0.1, 0.15) is 16.7 Å². The largest absolute Gasteiger partial charge is 0.422 e. The second-order valence-corrected chi connectivity index (χ2v) is 6.46. The molecule has 0 heterocycles. The Kier molecular flexibility index (Phi) is 6.87. The van der Waals surface area contributed by atoms with Gasteiger partial charge in [-0.25, -0.2) is 4.79 Å². The SMILES string of the molecule is O=C(/C=C/c1cccc(C(F)(F)F)c1)Oc1ccccc1OC(=O)Cc1ccccc1. The van der Waals surface area contributed by atoms with Gasteiger partial charge in [0.05, 0.1) is 12.0 Å². The first kappa shape index (κ1) is 21.8. The molecule has 158 valence electrons. The molecule has 0 saturated heterocycles. The van der Waals surface area contributed by atoms with Crippen molar-refractivity contribution in [3.05, 3.63) is 102 Å². The van der Waals surface area contributed by atoms with Crippen LogP contribution in [0, 0.1) is 0 Å². The van der Waals surface area contributed by atoms with Gasteiger partial charge in [-0.3, -0.25) is 4.79 Å². The van der Waals surface area contributed by atoms with Crippen molar-refractivity contribution < 1.29 is 32.2 Å². The average Bonchev–Trinajstić information content (AvgIpc) is 2.74. The number of ether oxygens (including phenoxy) is 2. The van der Waals surface area contributed by atoms with E-state index in [-0.39, 0.29) is 23.5 Å². The van der Waals surface area contributed by atoms with Crippen LogP contribution in [0.4, 0.5) is 13.2 Å². The first-order valence-corrected chi connectivity index (χ1v) is 9.22. The Balaban J connectivity index is 1.66. The van der Waals surface area contributed by atoms with Gasteiger partial charge in [-0.2, -0.15) is 13.2 Å². The third-order valence-electron chi connectivity index (χ3n) is 4.10. The van der Waals surface area contributed by atoms with Crippen molar-refractivity contribution in [1.29, 1.82) is 0 Å². The molecule has 0 saturated carbocycles. The van der Waals surface area contributed by atoms with E-state index < -0.39 is 23.7 Å². The highest BCUT2D eigenvalue weighted by Gasteiger charge is 2.30. The smallest absolute Gasteiger partial charge is 0.416 e. The van der Waals surface area contributed by atoms with E-state index in [0.29, 0.717) is 0 Å². The van der Waals surface area contributed by atoms with Crippen LogP contribution in [0.5, 0.6) is 11.5 Å². The number of hydrogen-bond acceptors (Lipinski definition) is 4. The summed E-state index contributed by atoms with van der Waals surface area (Å²) in [5.41, 5.74) is 0.138. The molecule has 0 unspecified atom stereocenters. The van der Waals surface area contributed by atoms with Gasteiger partial charge in [-0.1, -0.05) is 54.6 Å². The lowest BCUT2D eigenvalue weighted by molar-refractivity contribution is -0.137. The first-order valence-electron chi connectivity index (χ1n) is 9.22. The van der Waals surface area contributed by atoms with Crippen LogP contribution in [0.2, 0.25) is 0 Å². The van der Waals surface area contributed by atoms with Gasteiger partial charge in [-0.05, 0) is 41.5 Å². The summed E-state index contributed by atoms with van der Waals surface area (Å²) >= 11 is 0. The van der Waals surface area contributed by atoms with Crippen molar-refractivity contribution in [3.8, 4) is 11.5 Å². The molecule has 0 bridgehead atoms. The van der Waals surface area contributed by atoms with Gasteiger partial charge in [0.25, 0.3) is 0 Å². The zero-order valence-electron chi connectivity index (χ0n) is 16.1. The number of carbonyl (C=O) groups excluding carboxylic acids is 2. The zero-order valence-corrected chi connectivity index (χ0v) is 16.1. The van der Waals surface area contributed by atoms with Crippen molar-refractivity contribution in [2.24, 2.45) is 0 Å². The van der Waals surface area contributed by atoms with Crippen LogP contribution in [0.3, 0.4) is 0 Å². The first-order chi connectivity index (χ1) is 14.8. The highest BCUT2D eigenvalue weighted by Crippen LogP contribution is 2.30. The van der Waals surface area contributed by atoms with Gasteiger partial charge in [0.2, 0.25) is 0 Å². The lowest BCUT2D eigenvalue weighted by atomic mass is 10.1. The molecule has 31 heavy (non-hydrogen) atoms. The van der Waals surface area contributed by atoms with E-state index in [0.717, 1.165) is 23.8 Å². The van der Waals surface area contributed by atoms with Crippen molar-refractivity contribution >= 4 is 18.0 Å². The lowest BCUT2D eigenvalue weighted by Gasteiger charge is -2.09. The summed E-state index contributed by atoms with van der Waals surface area (Å²) in [7, 11) is 0. The molecule has 4 nitrogen and oxygen atoms in total. The number of alkyl halides is 3. The van der Waals surface area contributed by atoms with Crippen LogP contribution >= 0.6 is 0 Å². The lowest BCUT2D eigenvalue weighted by Crippen LogP contribution is -2.13. The Labute approximate surface area is 176 Å². The van der Waals surface area contributed by atoms with E-state index in [4.69, 9.17) is 9.47 Å². The molecule has 0 atom stereocenters. The number of esters is 2. The monoisotopic (exact) mass is 426 g/mol. The summed E-state index contributed by atoms with van der Waals surface area (Å²) in [5, 5.41) is 0. The minimum atomic E-state index is -4.48. The van der Waals surface area contributed by atoms with Gasteiger partial charge in [0, 0.05) is 6.08 Å². The molecule has 0 radical (unpaired) electrons. The minimum Gasteiger partial charge on any atom is -0.422 e. The second-order valence-electron chi connectivity index (χ2n) is 6.46.